The van der Waals surface area contributed by atoms with Crippen molar-refractivity contribution >= 4 is 23.5 Å². The van der Waals surface area contributed by atoms with Crippen molar-refractivity contribution in [1.82, 2.24) is 4.90 Å². The van der Waals surface area contributed by atoms with Crippen molar-refractivity contribution in [2.45, 2.75) is 26.3 Å². The Morgan fingerprint density at radius 1 is 1.00 bits per heavy atom. The van der Waals surface area contributed by atoms with Gasteiger partial charge in [0.15, 0.2) is 0 Å². The molecule has 0 aliphatic carbocycles. The number of amides is 2. The Kier molecular flexibility index (Phi) is 6.91. The van der Waals surface area contributed by atoms with Crippen molar-refractivity contribution in [1.29, 1.82) is 0 Å². The lowest BCUT2D eigenvalue weighted by Crippen LogP contribution is -2.31. The molecule has 0 radical (unpaired) electrons. The van der Waals surface area contributed by atoms with E-state index in [4.69, 9.17) is 5.11 Å². The zero-order chi connectivity index (χ0) is 18.9. The van der Waals surface area contributed by atoms with E-state index in [-0.39, 0.29) is 24.7 Å². The molecule has 0 aliphatic rings. The average Bonchev–Trinajstić information content (AvgIpc) is 2.59. The summed E-state index contributed by atoms with van der Waals surface area (Å²) in [6, 6.07) is 16.3. The first-order chi connectivity index (χ1) is 12.4. The highest BCUT2D eigenvalue weighted by molar-refractivity contribution is 5.91. The van der Waals surface area contributed by atoms with Crippen molar-refractivity contribution in [2.75, 3.05) is 11.9 Å². The SMILES string of the molecule is CC(=O)N(CCC(=O)Nc1cccc(CC(=O)O)c1)Cc1ccccc1. The molecule has 6 heteroatoms. The third kappa shape index (κ3) is 6.39. The van der Waals surface area contributed by atoms with E-state index >= 15 is 0 Å². The molecule has 26 heavy (non-hydrogen) atoms. The molecule has 0 saturated heterocycles. The summed E-state index contributed by atoms with van der Waals surface area (Å²) in [5.41, 5.74) is 2.17. The molecule has 0 fully saturated rings. The van der Waals surface area contributed by atoms with E-state index in [2.05, 4.69) is 5.32 Å². The van der Waals surface area contributed by atoms with Crippen molar-refractivity contribution < 1.29 is 19.5 Å². The summed E-state index contributed by atoms with van der Waals surface area (Å²) >= 11 is 0. The Hall–Kier alpha value is -3.15. The smallest absolute Gasteiger partial charge is 0.307 e. The number of nitrogens with zero attached hydrogens (tertiary/aromatic N) is 1. The van der Waals surface area contributed by atoms with Crippen molar-refractivity contribution in [3.63, 3.8) is 0 Å². The van der Waals surface area contributed by atoms with E-state index in [1.165, 1.54) is 6.92 Å². The molecule has 0 aliphatic heterocycles. The number of anilines is 1. The van der Waals surface area contributed by atoms with Crippen LogP contribution in [0, 0.1) is 0 Å². The molecule has 0 heterocycles. The number of hydrogen-bond acceptors (Lipinski definition) is 3. The number of carbonyl (C=O) groups is 3. The second-order valence-corrected chi connectivity index (χ2v) is 6.00. The number of benzene rings is 2. The fourth-order valence-electron chi connectivity index (χ4n) is 2.55. The zero-order valence-corrected chi connectivity index (χ0v) is 14.6. The van der Waals surface area contributed by atoms with Gasteiger partial charge < -0.3 is 15.3 Å². The number of rotatable bonds is 8. The van der Waals surface area contributed by atoms with Gasteiger partial charge in [-0.25, -0.2) is 0 Å². The monoisotopic (exact) mass is 354 g/mol. The minimum atomic E-state index is -0.925. The Morgan fingerprint density at radius 2 is 1.69 bits per heavy atom. The highest BCUT2D eigenvalue weighted by atomic mass is 16.4. The summed E-state index contributed by atoms with van der Waals surface area (Å²) in [7, 11) is 0. The third-order valence-electron chi connectivity index (χ3n) is 3.84. The summed E-state index contributed by atoms with van der Waals surface area (Å²) < 4.78 is 0. The van der Waals surface area contributed by atoms with Crippen LogP contribution in [0.4, 0.5) is 5.69 Å². The van der Waals surface area contributed by atoms with Gasteiger partial charge in [0.2, 0.25) is 11.8 Å². The second kappa shape index (κ2) is 9.36. The van der Waals surface area contributed by atoms with Crippen molar-refractivity contribution in [3.8, 4) is 0 Å². The predicted molar refractivity (Wildman–Crippen MR) is 98.6 cm³/mol. The van der Waals surface area contributed by atoms with E-state index in [0.29, 0.717) is 24.3 Å². The molecular weight excluding hydrogens is 332 g/mol. The maximum atomic E-state index is 12.2. The zero-order valence-electron chi connectivity index (χ0n) is 14.6. The molecule has 2 rings (SSSR count). The van der Waals surface area contributed by atoms with Gasteiger partial charge in [-0.15, -0.1) is 0 Å². The van der Waals surface area contributed by atoms with Gasteiger partial charge in [-0.2, -0.15) is 0 Å². The van der Waals surface area contributed by atoms with E-state index in [9.17, 15) is 14.4 Å². The average molecular weight is 354 g/mol. The van der Waals surface area contributed by atoms with Crippen LogP contribution in [-0.4, -0.2) is 34.3 Å². The summed E-state index contributed by atoms with van der Waals surface area (Å²) in [5.74, 6) is -1.24. The van der Waals surface area contributed by atoms with Crippen molar-refractivity contribution in [3.05, 3.63) is 65.7 Å². The van der Waals surface area contributed by atoms with Crippen LogP contribution >= 0.6 is 0 Å². The molecule has 0 spiro atoms. The summed E-state index contributed by atoms with van der Waals surface area (Å²) in [4.78, 5) is 36.4. The molecule has 0 bridgehead atoms. The number of carboxylic acid groups (broad SMARTS) is 1. The van der Waals surface area contributed by atoms with Crippen LogP contribution in [0.2, 0.25) is 0 Å². The van der Waals surface area contributed by atoms with Gasteiger partial charge in [0.25, 0.3) is 0 Å². The van der Waals surface area contributed by atoms with Crippen LogP contribution in [0.25, 0.3) is 0 Å². The molecule has 2 amide bonds. The minimum absolute atomic E-state index is 0.0925. The third-order valence-corrected chi connectivity index (χ3v) is 3.84. The van der Waals surface area contributed by atoms with E-state index in [0.717, 1.165) is 5.56 Å². The summed E-state index contributed by atoms with van der Waals surface area (Å²) in [5, 5.41) is 11.6. The van der Waals surface area contributed by atoms with Gasteiger partial charge in [-0.1, -0.05) is 42.5 Å². The molecule has 6 nitrogen and oxygen atoms in total. The lowest BCUT2D eigenvalue weighted by molar-refractivity contribution is -0.136. The topological polar surface area (TPSA) is 86.7 Å². The predicted octanol–water partition coefficient (Wildman–Crippen LogP) is 2.69. The van der Waals surface area contributed by atoms with Crippen LogP contribution in [0.3, 0.4) is 0 Å². The molecule has 136 valence electrons. The van der Waals surface area contributed by atoms with Gasteiger partial charge in [0.05, 0.1) is 6.42 Å². The molecule has 0 unspecified atom stereocenters. The molecule has 0 aromatic heterocycles. The lowest BCUT2D eigenvalue weighted by atomic mass is 10.1. The standard InChI is InChI=1S/C20H22N2O4/c1-15(23)22(14-16-6-3-2-4-7-16)11-10-19(24)21-18-9-5-8-17(12-18)13-20(25)26/h2-9,12H,10-11,13-14H2,1H3,(H,21,24)(H,25,26). The first-order valence-electron chi connectivity index (χ1n) is 8.34. The van der Waals surface area contributed by atoms with Gasteiger partial charge in [0, 0.05) is 32.1 Å². The Bertz CT molecular complexity index is 774. The molecule has 0 saturated carbocycles. The summed E-state index contributed by atoms with van der Waals surface area (Å²) in [6.07, 6.45) is 0.0640. The number of carboxylic acids is 1. The Balaban J connectivity index is 1.90. The van der Waals surface area contributed by atoms with Crippen molar-refractivity contribution in [2.24, 2.45) is 0 Å². The molecule has 2 N–H and O–H groups in total. The summed E-state index contributed by atoms with van der Waals surface area (Å²) in [6.45, 7) is 2.25. The van der Waals surface area contributed by atoms with Gasteiger partial charge >= 0.3 is 5.97 Å². The first kappa shape index (κ1) is 19.2. The molecule has 2 aromatic rings. The maximum absolute atomic E-state index is 12.2. The number of aliphatic carboxylic acids is 1. The molecule has 0 atom stereocenters. The molecular formula is C20H22N2O4. The van der Waals surface area contributed by atoms with Crippen LogP contribution < -0.4 is 5.32 Å². The number of hydrogen-bond donors (Lipinski definition) is 2. The quantitative estimate of drug-likeness (QED) is 0.763. The van der Waals surface area contributed by atoms with Crippen LogP contribution in [-0.2, 0) is 27.3 Å². The van der Waals surface area contributed by atoms with E-state index < -0.39 is 5.97 Å². The fraction of sp³-hybridized carbons (Fsp3) is 0.250. The Morgan fingerprint density at radius 3 is 2.35 bits per heavy atom. The van der Waals surface area contributed by atoms with Gasteiger partial charge in [-0.3, -0.25) is 14.4 Å². The van der Waals surface area contributed by atoms with Crippen LogP contribution in [0.1, 0.15) is 24.5 Å². The normalized spacial score (nSPS) is 10.2. The highest BCUT2D eigenvalue weighted by Gasteiger charge is 2.12. The largest absolute Gasteiger partial charge is 0.481 e. The van der Waals surface area contributed by atoms with E-state index in [1.54, 1.807) is 29.2 Å². The van der Waals surface area contributed by atoms with Gasteiger partial charge in [0.1, 0.15) is 0 Å². The lowest BCUT2D eigenvalue weighted by Gasteiger charge is -2.21. The van der Waals surface area contributed by atoms with Gasteiger partial charge in [-0.05, 0) is 23.3 Å². The Labute approximate surface area is 152 Å². The first-order valence-corrected chi connectivity index (χ1v) is 8.34. The second-order valence-electron chi connectivity index (χ2n) is 6.00. The number of carbonyl (C=O) groups excluding carboxylic acids is 2. The fourth-order valence-corrected chi connectivity index (χ4v) is 2.55. The molecule has 2 aromatic carbocycles. The minimum Gasteiger partial charge on any atom is -0.481 e. The maximum Gasteiger partial charge on any atom is 0.307 e. The highest BCUT2D eigenvalue weighted by Crippen LogP contribution is 2.12. The van der Waals surface area contributed by atoms with E-state index in [1.807, 2.05) is 30.3 Å². The van der Waals surface area contributed by atoms with Crippen LogP contribution in [0.15, 0.2) is 54.6 Å². The number of nitrogens with one attached hydrogen (secondary N) is 1. The van der Waals surface area contributed by atoms with Crippen LogP contribution in [0.5, 0.6) is 0 Å².